The molecule has 0 fully saturated rings. The lowest BCUT2D eigenvalue weighted by molar-refractivity contribution is -0.141. The molecule has 1 atom stereocenters. The van der Waals surface area contributed by atoms with Gasteiger partial charge in [-0.05, 0) is 19.1 Å². The Bertz CT molecular complexity index is 330. The van der Waals surface area contributed by atoms with Crippen LogP contribution in [0.1, 0.15) is 18.4 Å². The van der Waals surface area contributed by atoms with Crippen LogP contribution < -0.4 is 0 Å². The maximum atomic E-state index is 11.3. The Morgan fingerprint density at radius 3 is 2.29 bits per heavy atom. The van der Waals surface area contributed by atoms with Gasteiger partial charge in [0.1, 0.15) is 0 Å². The van der Waals surface area contributed by atoms with Crippen molar-refractivity contribution in [2.45, 2.75) is 12.8 Å². The first-order valence-corrected chi connectivity index (χ1v) is 4.85. The molecule has 0 radical (unpaired) electrons. The number of methoxy groups -OCH3 is 1. The van der Waals surface area contributed by atoms with Crippen LogP contribution in [0.25, 0.3) is 0 Å². The van der Waals surface area contributed by atoms with Crippen LogP contribution >= 0.6 is 23.2 Å². The van der Waals surface area contributed by atoms with E-state index in [9.17, 15) is 4.79 Å². The van der Waals surface area contributed by atoms with Gasteiger partial charge in [0.25, 0.3) is 0 Å². The number of ether oxygens (including phenoxy) is 1. The molecule has 0 aliphatic carbocycles. The Kier molecular flexibility index (Phi) is 3.78. The van der Waals surface area contributed by atoms with Crippen LogP contribution in [-0.2, 0) is 9.53 Å². The van der Waals surface area contributed by atoms with E-state index in [1.165, 1.54) is 7.11 Å². The van der Waals surface area contributed by atoms with Crippen LogP contribution in [0, 0.1) is 0 Å². The van der Waals surface area contributed by atoms with Crippen molar-refractivity contribution in [2.75, 3.05) is 7.11 Å². The summed E-state index contributed by atoms with van der Waals surface area (Å²) in [6.45, 7) is 1.71. The number of benzene rings is 1. The van der Waals surface area contributed by atoms with Crippen LogP contribution in [0.4, 0.5) is 0 Å². The van der Waals surface area contributed by atoms with Crippen LogP contribution in [0.5, 0.6) is 0 Å². The molecular weight excluding hydrogens is 223 g/mol. The Hall–Kier alpha value is -0.730. The zero-order chi connectivity index (χ0) is 10.7. The second kappa shape index (κ2) is 4.67. The van der Waals surface area contributed by atoms with Gasteiger partial charge in [0, 0.05) is 15.6 Å². The Morgan fingerprint density at radius 2 is 1.86 bits per heavy atom. The van der Waals surface area contributed by atoms with Crippen molar-refractivity contribution in [1.82, 2.24) is 0 Å². The van der Waals surface area contributed by atoms with Gasteiger partial charge in [0.05, 0.1) is 13.0 Å². The van der Waals surface area contributed by atoms with E-state index in [2.05, 4.69) is 4.74 Å². The predicted molar refractivity (Wildman–Crippen MR) is 56.9 cm³/mol. The molecule has 0 N–H and O–H groups in total. The molecule has 0 amide bonds. The van der Waals surface area contributed by atoms with Gasteiger partial charge in [-0.3, -0.25) is 4.79 Å². The molecule has 76 valence electrons. The van der Waals surface area contributed by atoms with E-state index in [1.807, 2.05) is 0 Å². The number of carbonyl (C=O) groups is 1. The first kappa shape index (κ1) is 11.3. The molecule has 4 heteroatoms. The van der Waals surface area contributed by atoms with E-state index in [-0.39, 0.29) is 5.97 Å². The van der Waals surface area contributed by atoms with E-state index in [4.69, 9.17) is 23.2 Å². The molecule has 0 spiro atoms. The maximum Gasteiger partial charge on any atom is 0.312 e. The molecule has 0 saturated carbocycles. The van der Waals surface area contributed by atoms with Crippen molar-refractivity contribution < 1.29 is 9.53 Å². The summed E-state index contributed by atoms with van der Waals surface area (Å²) in [5.41, 5.74) is 0.614. The number of carbonyl (C=O) groups excluding carboxylic acids is 1. The van der Waals surface area contributed by atoms with Crippen molar-refractivity contribution in [1.29, 1.82) is 0 Å². The van der Waals surface area contributed by atoms with E-state index in [1.54, 1.807) is 25.1 Å². The highest BCUT2D eigenvalue weighted by molar-refractivity contribution is 6.36. The van der Waals surface area contributed by atoms with Crippen molar-refractivity contribution in [3.63, 3.8) is 0 Å². The Balaban J connectivity index is 3.11. The molecule has 0 aliphatic rings. The average Bonchev–Trinajstić information content (AvgIpc) is 2.16. The second-order valence-electron chi connectivity index (χ2n) is 2.88. The highest BCUT2D eigenvalue weighted by Crippen LogP contribution is 2.31. The van der Waals surface area contributed by atoms with Crippen molar-refractivity contribution in [2.24, 2.45) is 0 Å². The third-order valence-electron chi connectivity index (χ3n) is 1.99. The third kappa shape index (κ3) is 2.20. The summed E-state index contributed by atoms with van der Waals surface area (Å²) in [5, 5.41) is 0.964. The van der Waals surface area contributed by atoms with E-state index in [0.717, 1.165) is 0 Å². The molecule has 1 aromatic carbocycles. The second-order valence-corrected chi connectivity index (χ2v) is 3.69. The zero-order valence-corrected chi connectivity index (χ0v) is 9.39. The van der Waals surface area contributed by atoms with Crippen LogP contribution in [0.3, 0.4) is 0 Å². The molecular formula is C10H10Cl2O2. The van der Waals surface area contributed by atoms with Crippen molar-refractivity contribution in [3.8, 4) is 0 Å². The van der Waals surface area contributed by atoms with Crippen LogP contribution in [0.15, 0.2) is 18.2 Å². The molecule has 0 aliphatic heterocycles. The quantitative estimate of drug-likeness (QED) is 0.732. The fraction of sp³-hybridized carbons (Fsp3) is 0.300. The lowest BCUT2D eigenvalue weighted by Gasteiger charge is -2.12. The Labute approximate surface area is 92.8 Å². The van der Waals surface area contributed by atoms with Gasteiger partial charge in [-0.25, -0.2) is 0 Å². The van der Waals surface area contributed by atoms with Gasteiger partial charge in [-0.15, -0.1) is 0 Å². The third-order valence-corrected chi connectivity index (χ3v) is 2.65. The maximum absolute atomic E-state index is 11.3. The highest BCUT2D eigenvalue weighted by atomic mass is 35.5. The van der Waals surface area contributed by atoms with E-state index < -0.39 is 5.92 Å². The van der Waals surface area contributed by atoms with Crippen molar-refractivity contribution >= 4 is 29.2 Å². The largest absolute Gasteiger partial charge is 0.469 e. The number of hydrogen-bond donors (Lipinski definition) is 0. The molecule has 14 heavy (non-hydrogen) atoms. The predicted octanol–water partition coefficient (Wildman–Crippen LogP) is 3.27. The van der Waals surface area contributed by atoms with E-state index in [0.29, 0.717) is 15.6 Å². The molecule has 1 rings (SSSR count). The van der Waals surface area contributed by atoms with Gasteiger partial charge in [0.15, 0.2) is 0 Å². The highest BCUT2D eigenvalue weighted by Gasteiger charge is 2.20. The molecule has 1 unspecified atom stereocenters. The van der Waals surface area contributed by atoms with Gasteiger partial charge >= 0.3 is 5.97 Å². The molecule has 0 heterocycles. The number of rotatable bonds is 2. The minimum absolute atomic E-state index is 0.347. The molecule has 2 nitrogen and oxygen atoms in total. The standard InChI is InChI=1S/C10H10Cl2O2/c1-6(10(13)14-2)9-7(11)4-3-5-8(9)12/h3-6H,1-2H3. The molecule has 1 aromatic rings. The summed E-state index contributed by atoms with van der Waals surface area (Å²) in [7, 11) is 1.34. The summed E-state index contributed by atoms with van der Waals surface area (Å²) >= 11 is 11.9. The number of halogens is 2. The van der Waals surface area contributed by atoms with Gasteiger partial charge in [-0.2, -0.15) is 0 Å². The van der Waals surface area contributed by atoms with E-state index >= 15 is 0 Å². The smallest absolute Gasteiger partial charge is 0.312 e. The fourth-order valence-corrected chi connectivity index (χ4v) is 1.94. The monoisotopic (exact) mass is 232 g/mol. The minimum atomic E-state index is -0.443. The number of hydrogen-bond acceptors (Lipinski definition) is 2. The summed E-state index contributed by atoms with van der Waals surface area (Å²) in [5.74, 6) is -0.791. The molecule has 0 aromatic heterocycles. The summed E-state index contributed by atoms with van der Waals surface area (Å²) in [6, 6.07) is 5.13. The molecule has 0 saturated heterocycles. The van der Waals surface area contributed by atoms with Crippen LogP contribution in [0.2, 0.25) is 10.0 Å². The first-order valence-electron chi connectivity index (χ1n) is 4.09. The SMILES string of the molecule is COC(=O)C(C)c1c(Cl)cccc1Cl. The first-order chi connectivity index (χ1) is 6.57. The van der Waals surface area contributed by atoms with Gasteiger partial charge in [-0.1, -0.05) is 29.3 Å². The summed E-state index contributed by atoms with van der Waals surface area (Å²) in [6.07, 6.45) is 0. The Morgan fingerprint density at radius 1 is 1.36 bits per heavy atom. The topological polar surface area (TPSA) is 26.3 Å². The lowest BCUT2D eigenvalue weighted by Crippen LogP contribution is -2.11. The lowest BCUT2D eigenvalue weighted by atomic mass is 10.0. The fourth-order valence-electron chi connectivity index (χ4n) is 1.22. The zero-order valence-electron chi connectivity index (χ0n) is 7.88. The van der Waals surface area contributed by atoms with Gasteiger partial charge < -0.3 is 4.74 Å². The van der Waals surface area contributed by atoms with Gasteiger partial charge in [0.2, 0.25) is 0 Å². The normalized spacial score (nSPS) is 12.3. The summed E-state index contributed by atoms with van der Waals surface area (Å²) < 4.78 is 4.62. The minimum Gasteiger partial charge on any atom is -0.469 e. The van der Waals surface area contributed by atoms with Crippen LogP contribution in [-0.4, -0.2) is 13.1 Å². The van der Waals surface area contributed by atoms with Crippen molar-refractivity contribution in [3.05, 3.63) is 33.8 Å². The molecule has 0 bridgehead atoms. The summed E-state index contributed by atoms with van der Waals surface area (Å²) in [4.78, 5) is 11.3. The number of esters is 1. The average molecular weight is 233 g/mol.